The molecule has 0 saturated carbocycles. The number of nitrogens with zero attached hydrogens (tertiary/aromatic N) is 1. The van der Waals surface area contributed by atoms with E-state index in [9.17, 15) is 0 Å². The highest BCUT2D eigenvalue weighted by atomic mass is 14.7. The topological polar surface area (TPSA) is 12.4 Å². The minimum absolute atomic E-state index is 0.820. The Morgan fingerprint density at radius 2 is 1.79 bits per heavy atom. The molecule has 190 valence electrons. The average Bonchev–Trinajstić information content (AvgIpc) is 2.96. The van der Waals surface area contributed by atoms with E-state index in [4.69, 9.17) is 0 Å². The van der Waals surface area contributed by atoms with Gasteiger partial charge in [-0.15, -0.1) is 0 Å². The molecule has 0 atom stereocenters. The lowest BCUT2D eigenvalue weighted by molar-refractivity contribution is 0.957. The number of aliphatic imine (C=N–C) groups is 1. The van der Waals surface area contributed by atoms with Gasteiger partial charge in [-0.2, -0.15) is 0 Å². The predicted molar refractivity (Wildman–Crippen MR) is 168 cm³/mol. The molecule has 0 radical (unpaired) electrons. The van der Waals surface area contributed by atoms with E-state index in [2.05, 4.69) is 135 Å². The van der Waals surface area contributed by atoms with Crippen LogP contribution in [0.2, 0.25) is 0 Å². The van der Waals surface area contributed by atoms with Crippen LogP contribution in [-0.2, 0) is 6.42 Å². The second-order valence-electron chi connectivity index (χ2n) is 9.48. The Labute approximate surface area is 228 Å². The summed E-state index contributed by atoms with van der Waals surface area (Å²) in [5.74, 6) is 0. The molecule has 0 aromatic heterocycles. The Hall–Kier alpha value is -4.23. The first kappa shape index (κ1) is 26.8. The van der Waals surface area contributed by atoms with Gasteiger partial charge >= 0.3 is 0 Å². The van der Waals surface area contributed by atoms with E-state index >= 15 is 0 Å². The smallest absolute Gasteiger partial charge is 0.0694 e. The molecule has 1 nitrogen and oxygen atoms in total. The van der Waals surface area contributed by atoms with Crippen molar-refractivity contribution in [3.05, 3.63) is 149 Å². The molecule has 0 N–H and O–H groups in total. The van der Waals surface area contributed by atoms with E-state index in [1.54, 1.807) is 6.08 Å². The van der Waals surface area contributed by atoms with Crippen molar-refractivity contribution in [1.82, 2.24) is 0 Å². The second-order valence-corrected chi connectivity index (χ2v) is 9.48. The summed E-state index contributed by atoms with van der Waals surface area (Å²) in [5, 5.41) is 0. The molecule has 1 aliphatic rings. The van der Waals surface area contributed by atoms with Crippen LogP contribution >= 0.6 is 0 Å². The first-order valence-electron chi connectivity index (χ1n) is 13.5. The van der Waals surface area contributed by atoms with Gasteiger partial charge in [-0.1, -0.05) is 124 Å². The molecule has 0 bridgehead atoms. The monoisotopic (exact) mass is 495 g/mol. The van der Waals surface area contributed by atoms with Crippen LogP contribution in [0.4, 0.5) is 0 Å². The molecule has 0 saturated heterocycles. The molecule has 3 aromatic carbocycles. The third-order valence-electron chi connectivity index (χ3n) is 6.78. The number of hydrogen-bond donors (Lipinski definition) is 0. The Bertz CT molecular complexity index is 1460. The van der Waals surface area contributed by atoms with Crippen LogP contribution in [0.1, 0.15) is 55.4 Å². The van der Waals surface area contributed by atoms with Gasteiger partial charge in [0.25, 0.3) is 0 Å². The summed E-state index contributed by atoms with van der Waals surface area (Å²) >= 11 is 0. The molecule has 0 spiro atoms. The van der Waals surface area contributed by atoms with Gasteiger partial charge in [-0.3, -0.25) is 4.99 Å². The van der Waals surface area contributed by atoms with Crippen molar-refractivity contribution in [1.29, 1.82) is 0 Å². The summed E-state index contributed by atoms with van der Waals surface area (Å²) in [7, 11) is 0. The van der Waals surface area contributed by atoms with Gasteiger partial charge in [0, 0.05) is 5.56 Å². The second kappa shape index (κ2) is 13.4. The zero-order chi connectivity index (χ0) is 26.7. The van der Waals surface area contributed by atoms with Crippen LogP contribution in [0, 0.1) is 0 Å². The van der Waals surface area contributed by atoms with E-state index < -0.39 is 0 Å². The van der Waals surface area contributed by atoms with E-state index in [-0.39, 0.29) is 0 Å². The summed E-state index contributed by atoms with van der Waals surface area (Å²) in [6.45, 7) is 12.0. The van der Waals surface area contributed by atoms with Gasteiger partial charge in [0.1, 0.15) is 0 Å². The summed E-state index contributed by atoms with van der Waals surface area (Å²) in [4.78, 5) is 4.21. The lowest BCUT2D eigenvalue weighted by Gasteiger charge is -2.20. The number of rotatable bonds is 10. The largest absolute Gasteiger partial charge is 0.264 e. The fraction of sp³-hybridized carbons (Fsp3) is 0.162. The van der Waals surface area contributed by atoms with Crippen LogP contribution in [0.5, 0.6) is 0 Å². The SMILES string of the molecule is C=C/C=C(\N=C)c1cccc(-c2ccccc2C(/C=C2\Cc3ccccc3C=C2/C=C\CCC)=C/CC)c1. The summed E-state index contributed by atoms with van der Waals surface area (Å²) in [6, 6.07) is 25.9. The molecular formula is C37H37N. The van der Waals surface area contributed by atoms with Gasteiger partial charge in [0.05, 0.1) is 5.70 Å². The Morgan fingerprint density at radius 3 is 2.58 bits per heavy atom. The van der Waals surface area contributed by atoms with Gasteiger partial charge in [0.2, 0.25) is 0 Å². The highest BCUT2D eigenvalue weighted by Crippen LogP contribution is 2.35. The molecule has 4 rings (SSSR count). The molecule has 0 fully saturated rings. The van der Waals surface area contributed by atoms with Crippen molar-refractivity contribution in [3.8, 4) is 11.1 Å². The van der Waals surface area contributed by atoms with Crippen molar-refractivity contribution in [2.24, 2.45) is 4.99 Å². The van der Waals surface area contributed by atoms with Crippen molar-refractivity contribution in [2.45, 2.75) is 39.5 Å². The first-order chi connectivity index (χ1) is 18.7. The molecule has 0 heterocycles. The number of allylic oxidation sites excluding steroid dienone is 9. The fourth-order valence-corrected chi connectivity index (χ4v) is 4.91. The molecule has 3 aromatic rings. The number of unbranched alkanes of at least 4 members (excludes halogenated alkanes) is 1. The van der Waals surface area contributed by atoms with E-state index in [0.29, 0.717) is 0 Å². The van der Waals surface area contributed by atoms with Crippen LogP contribution in [0.25, 0.3) is 28.5 Å². The third-order valence-corrected chi connectivity index (χ3v) is 6.78. The Kier molecular flexibility index (Phi) is 9.43. The highest BCUT2D eigenvalue weighted by Gasteiger charge is 2.16. The number of fused-ring (bicyclic) bond motifs is 1. The number of benzene rings is 3. The van der Waals surface area contributed by atoms with Gasteiger partial charge < -0.3 is 0 Å². The van der Waals surface area contributed by atoms with Gasteiger partial charge in [0.15, 0.2) is 0 Å². The lowest BCUT2D eigenvalue weighted by atomic mass is 9.85. The minimum Gasteiger partial charge on any atom is -0.264 e. The van der Waals surface area contributed by atoms with Crippen molar-refractivity contribution < 1.29 is 0 Å². The standard InChI is InChI=1S/C37H37N/c1-5-8-9-17-30-24-28-18-10-11-19-29(28)25-34(30)27-31(15-6-2)35-22-12-13-23-36(35)32-20-14-21-33(26-32)37(38-4)16-7-3/h7,9-24,26-27H,3-6,8,25H2,1-2H3/b17-9-,31-15+,34-27+,37-16-. The minimum atomic E-state index is 0.820. The van der Waals surface area contributed by atoms with Gasteiger partial charge in [-0.05, 0) is 88.7 Å². The lowest BCUT2D eigenvalue weighted by Crippen LogP contribution is -2.03. The maximum absolute atomic E-state index is 4.21. The van der Waals surface area contributed by atoms with E-state index in [1.807, 2.05) is 6.08 Å². The molecule has 0 unspecified atom stereocenters. The van der Waals surface area contributed by atoms with Crippen molar-refractivity contribution in [2.75, 3.05) is 0 Å². The quantitative estimate of drug-likeness (QED) is 0.196. The fourth-order valence-electron chi connectivity index (χ4n) is 4.91. The number of hydrogen-bond acceptors (Lipinski definition) is 1. The van der Waals surface area contributed by atoms with Crippen molar-refractivity contribution >= 4 is 24.1 Å². The molecule has 0 amide bonds. The van der Waals surface area contributed by atoms with E-state index in [1.165, 1.54) is 39.0 Å². The zero-order valence-corrected chi connectivity index (χ0v) is 22.7. The van der Waals surface area contributed by atoms with Crippen LogP contribution in [-0.4, -0.2) is 6.72 Å². The first-order valence-corrected chi connectivity index (χ1v) is 13.5. The Balaban J connectivity index is 1.81. The molecule has 38 heavy (non-hydrogen) atoms. The maximum Gasteiger partial charge on any atom is 0.0694 e. The van der Waals surface area contributed by atoms with E-state index in [0.717, 1.165) is 42.5 Å². The molecule has 1 heteroatoms. The summed E-state index contributed by atoms with van der Waals surface area (Å²) < 4.78 is 0. The third kappa shape index (κ3) is 6.36. The summed E-state index contributed by atoms with van der Waals surface area (Å²) in [6.07, 6.45) is 19.5. The average molecular weight is 496 g/mol. The maximum atomic E-state index is 4.21. The zero-order valence-electron chi connectivity index (χ0n) is 22.7. The highest BCUT2D eigenvalue weighted by molar-refractivity contribution is 5.88. The normalized spacial score (nSPS) is 14.9. The molecular weight excluding hydrogens is 458 g/mol. The van der Waals surface area contributed by atoms with Gasteiger partial charge in [-0.25, -0.2) is 0 Å². The van der Waals surface area contributed by atoms with Crippen LogP contribution in [0.15, 0.2) is 132 Å². The van der Waals surface area contributed by atoms with Crippen LogP contribution in [0.3, 0.4) is 0 Å². The van der Waals surface area contributed by atoms with Crippen LogP contribution < -0.4 is 0 Å². The molecule has 1 aliphatic carbocycles. The summed E-state index contributed by atoms with van der Waals surface area (Å²) in [5.41, 5.74) is 12.0. The predicted octanol–water partition coefficient (Wildman–Crippen LogP) is 10.3. The van der Waals surface area contributed by atoms with Crippen molar-refractivity contribution in [3.63, 3.8) is 0 Å². The Morgan fingerprint density at radius 1 is 0.974 bits per heavy atom. The molecule has 0 aliphatic heterocycles.